The minimum atomic E-state index is -3.94. The molecule has 0 fully saturated rings. The minimum absolute atomic E-state index is 0.00456. The van der Waals surface area contributed by atoms with Crippen LogP contribution in [0.3, 0.4) is 0 Å². The second kappa shape index (κ2) is 10.5. The predicted octanol–water partition coefficient (Wildman–Crippen LogP) is 3.92. The van der Waals surface area contributed by atoms with Crippen molar-refractivity contribution in [1.82, 2.24) is 5.32 Å². The molecule has 1 heterocycles. The summed E-state index contributed by atoms with van der Waals surface area (Å²) in [6.45, 7) is 3.67. The van der Waals surface area contributed by atoms with Crippen LogP contribution in [0, 0.1) is 6.92 Å². The first-order valence-corrected chi connectivity index (χ1v) is 12.1. The van der Waals surface area contributed by atoms with Gasteiger partial charge in [0, 0.05) is 5.69 Å². The molecule has 0 saturated carbocycles. The fourth-order valence-corrected chi connectivity index (χ4v) is 4.69. The predicted molar refractivity (Wildman–Crippen MR) is 127 cm³/mol. The number of aryl methyl sites for hydroxylation is 1. The van der Waals surface area contributed by atoms with E-state index in [2.05, 4.69) is 31.3 Å². The van der Waals surface area contributed by atoms with E-state index in [1.54, 1.807) is 43.3 Å². The van der Waals surface area contributed by atoms with Crippen molar-refractivity contribution in [3.8, 4) is 5.75 Å². The van der Waals surface area contributed by atoms with Crippen molar-refractivity contribution in [2.24, 2.45) is 0 Å². The third-order valence-corrected chi connectivity index (χ3v) is 6.54. The van der Waals surface area contributed by atoms with Crippen LogP contribution in [0.15, 0.2) is 68.6 Å². The van der Waals surface area contributed by atoms with Crippen LogP contribution in [0.4, 0.5) is 11.4 Å². The number of carbonyl (C=O) groups is 2. The molecule has 2 aromatic carbocycles. The quantitative estimate of drug-likeness (QED) is 0.381. The molecular weight excluding hydrogens is 514 g/mol. The Kier molecular flexibility index (Phi) is 7.77. The fraction of sp³-hybridized carbons (Fsp3) is 0.182. The molecule has 2 amide bonds. The fourth-order valence-electron chi connectivity index (χ4n) is 2.87. The number of ether oxygens (including phenoxy) is 1. The second-order valence-corrected chi connectivity index (χ2v) is 9.38. The Labute approximate surface area is 199 Å². The molecule has 3 N–H and O–H groups in total. The van der Waals surface area contributed by atoms with E-state index in [0.29, 0.717) is 28.1 Å². The van der Waals surface area contributed by atoms with Crippen LogP contribution in [0.5, 0.6) is 5.75 Å². The number of benzene rings is 2. The van der Waals surface area contributed by atoms with Gasteiger partial charge in [-0.05, 0) is 77.8 Å². The zero-order valence-electron chi connectivity index (χ0n) is 17.8. The molecule has 3 rings (SSSR count). The van der Waals surface area contributed by atoms with Crippen LogP contribution in [0.25, 0.3) is 0 Å². The van der Waals surface area contributed by atoms with Crippen LogP contribution < -0.4 is 20.1 Å². The largest absolute Gasteiger partial charge is 0.493 e. The Balaban J connectivity index is 1.70. The molecule has 11 heteroatoms. The molecule has 0 atom stereocenters. The van der Waals surface area contributed by atoms with Gasteiger partial charge >= 0.3 is 0 Å². The van der Waals surface area contributed by atoms with Gasteiger partial charge < -0.3 is 19.8 Å². The highest BCUT2D eigenvalue weighted by Crippen LogP contribution is 2.30. The lowest BCUT2D eigenvalue weighted by Crippen LogP contribution is -2.32. The van der Waals surface area contributed by atoms with Gasteiger partial charge in [-0.2, -0.15) is 0 Å². The molecule has 0 spiro atoms. The monoisotopic (exact) mass is 535 g/mol. The number of anilines is 2. The van der Waals surface area contributed by atoms with E-state index in [4.69, 9.17) is 9.15 Å². The van der Waals surface area contributed by atoms with Gasteiger partial charge in [0.2, 0.25) is 5.91 Å². The Morgan fingerprint density at radius 3 is 2.52 bits per heavy atom. The molecular formula is C22H22BrN3O6S. The smallest absolute Gasteiger partial charge is 0.287 e. The zero-order valence-corrected chi connectivity index (χ0v) is 20.2. The summed E-state index contributed by atoms with van der Waals surface area (Å²) in [5.41, 5.74) is 1.11. The number of halogens is 1. The minimum Gasteiger partial charge on any atom is -0.493 e. The van der Waals surface area contributed by atoms with Crippen LogP contribution in [0.2, 0.25) is 0 Å². The van der Waals surface area contributed by atoms with Crippen LogP contribution >= 0.6 is 15.9 Å². The highest BCUT2D eigenvalue weighted by atomic mass is 79.9. The number of furan rings is 1. The van der Waals surface area contributed by atoms with Gasteiger partial charge in [0.15, 0.2) is 5.76 Å². The van der Waals surface area contributed by atoms with E-state index >= 15 is 0 Å². The van der Waals surface area contributed by atoms with Crippen LogP contribution in [-0.2, 0) is 14.8 Å². The van der Waals surface area contributed by atoms with Crippen molar-refractivity contribution in [1.29, 1.82) is 0 Å². The number of sulfonamides is 1. The number of rotatable bonds is 9. The van der Waals surface area contributed by atoms with Gasteiger partial charge in [-0.25, -0.2) is 8.42 Å². The van der Waals surface area contributed by atoms with Crippen molar-refractivity contribution in [2.75, 3.05) is 23.2 Å². The molecule has 0 unspecified atom stereocenters. The van der Waals surface area contributed by atoms with Crippen molar-refractivity contribution < 1.29 is 27.2 Å². The normalized spacial score (nSPS) is 11.0. The van der Waals surface area contributed by atoms with Crippen LogP contribution in [0.1, 0.15) is 23.0 Å². The molecule has 3 aromatic rings. The summed E-state index contributed by atoms with van der Waals surface area (Å²) >= 11 is 3.36. The molecule has 174 valence electrons. The summed E-state index contributed by atoms with van der Waals surface area (Å²) in [4.78, 5) is 24.1. The SMILES string of the molecule is CCOc1ccc(NS(=O)(=O)c2cc(NC(=O)CNC(=O)c3ccco3)ccc2C)cc1Br. The maximum Gasteiger partial charge on any atom is 0.287 e. The van der Waals surface area contributed by atoms with Crippen molar-refractivity contribution >= 4 is 49.1 Å². The lowest BCUT2D eigenvalue weighted by atomic mass is 10.2. The summed E-state index contributed by atoms with van der Waals surface area (Å²) in [7, 11) is -3.94. The van der Waals surface area contributed by atoms with Gasteiger partial charge in [0.25, 0.3) is 15.9 Å². The number of amides is 2. The van der Waals surface area contributed by atoms with E-state index in [9.17, 15) is 18.0 Å². The Morgan fingerprint density at radius 2 is 1.85 bits per heavy atom. The number of hydrogen-bond acceptors (Lipinski definition) is 6. The molecule has 0 bridgehead atoms. The molecule has 0 aliphatic heterocycles. The molecule has 0 aliphatic rings. The third-order valence-electron chi connectivity index (χ3n) is 4.40. The zero-order chi connectivity index (χ0) is 24.0. The Hall–Kier alpha value is -3.31. The van der Waals surface area contributed by atoms with Gasteiger partial charge in [-0.15, -0.1) is 0 Å². The number of carbonyl (C=O) groups excluding carboxylic acids is 2. The highest BCUT2D eigenvalue weighted by molar-refractivity contribution is 9.10. The van der Waals surface area contributed by atoms with Crippen LogP contribution in [-0.4, -0.2) is 33.4 Å². The van der Waals surface area contributed by atoms with E-state index in [0.717, 1.165) is 0 Å². The average molecular weight is 536 g/mol. The first-order valence-electron chi connectivity index (χ1n) is 9.87. The first-order chi connectivity index (χ1) is 15.7. The van der Waals surface area contributed by atoms with Gasteiger partial charge in [0.05, 0.1) is 34.5 Å². The summed E-state index contributed by atoms with van der Waals surface area (Å²) in [5.74, 6) is -0.377. The Bertz CT molecular complexity index is 1260. The van der Waals surface area contributed by atoms with Gasteiger partial charge in [0.1, 0.15) is 5.75 Å². The van der Waals surface area contributed by atoms with Crippen molar-refractivity contribution in [3.63, 3.8) is 0 Å². The second-order valence-electron chi connectivity index (χ2n) is 6.87. The molecule has 9 nitrogen and oxygen atoms in total. The van der Waals surface area contributed by atoms with E-state index in [1.807, 2.05) is 6.92 Å². The molecule has 0 saturated heterocycles. The number of nitrogens with one attached hydrogen (secondary N) is 3. The highest BCUT2D eigenvalue weighted by Gasteiger charge is 2.19. The van der Waals surface area contributed by atoms with Gasteiger partial charge in [-0.3, -0.25) is 14.3 Å². The summed E-state index contributed by atoms with van der Waals surface area (Å²) in [6.07, 6.45) is 1.35. The van der Waals surface area contributed by atoms with Gasteiger partial charge in [-0.1, -0.05) is 6.07 Å². The first kappa shape index (κ1) is 24.3. The molecule has 0 aliphatic carbocycles. The maximum absolute atomic E-state index is 13.0. The average Bonchev–Trinajstić information content (AvgIpc) is 3.30. The van der Waals surface area contributed by atoms with Crippen molar-refractivity contribution in [3.05, 3.63) is 70.6 Å². The molecule has 0 radical (unpaired) electrons. The van der Waals surface area contributed by atoms with E-state index in [-0.39, 0.29) is 22.9 Å². The summed E-state index contributed by atoms with van der Waals surface area (Å²) < 4.78 is 39.5. The topological polar surface area (TPSA) is 127 Å². The summed E-state index contributed by atoms with van der Waals surface area (Å²) in [5, 5.41) is 5.00. The number of hydrogen-bond donors (Lipinski definition) is 3. The van der Waals surface area contributed by atoms with E-state index in [1.165, 1.54) is 18.4 Å². The molecule has 1 aromatic heterocycles. The van der Waals surface area contributed by atoms with E-state index < -0.39 is 21.8 Å². The lowest BCUT2D eigenvalue weighted by Gasteiger charge is -2.14. The standard InChI is InChI=1S/C22H22BrN3O6S/c1-3-31-18-9-8-16(11-17(18)23)26-33(29,30)20-12-15(7-6-14(20)2)25-21(27)13-24-22(28)19-5-4-10-32-19/h4-12,26H,3,13H2,1-2H3,(H,24,28)(H,25,27). The van der Waals surface area contributed by atoms with Crippen molar-refractivity contribution in [2.45, 2.75) is 18.7 Å². The lowest BCUT2D eigenvalue weighted by molar-refractivity contribution is -0.115. The third kappa shape index (κ3) is 6.36. The Morgan fingerprint density at radius 1 is 1.09 bits per heavy atom. The maximum atomic E-state index is 13.0. The molecule has 33 heavy (non-hydrogen) atoms. The summed E-state index contributed by atoms with van der Waals surface area (Å²) in [6, 6.07) is 12.4.